The lowest BCUT2D eigenvalue weighted by molar-refractivity contribution is -0.143. The van der Waals surface area contributed by atoms with E-state index in [1.54, 1.807) is 25.1 Å². The summed E-state index contributed by atoms with van der Waals surface area (Å²) in [6, 6.07) is 11.2. The number of phenols is 1. The van der Waals surface area contributed by atoms with Crippen molar-refractivity contribution in [1.82, 2.24) is 9.69 Å². The zero-order chi connectivity index (χ0) is 26.4. The average Bonchev–Trinajstić information content (AvgIpc) is 3.23. The van der Waals surface area contributed by atoms with Crippen molar-refractivity contribution in [3.8, 4) is 5.75 Å². The summed E-state index contributed by atoms with van der Waals surface area (Å²) in [5.74, 6) is -3.00. The fourth-order valence-corrected chi connectivity index (χ4v) is 4.18. The number of benzene rings is 2. The van der Waals surface area contributed by atoms with Crippen LogP contribution in [0.15, 0.2) is 48.5 Å². The van der Waals surface area contributed by atoms with Crippen LogP contribution in [0.3, 0.4) is 0 Å². The van der Waals surface area contributed by atoms with Crippen LogP contribution in [0, 0.1) is 6.92 Å². The highest BCUT2D eigenvalue weighted by molar-refractivity contribution is 7.09. The van der Waals surface area contributed by atoms with E-state index in [0.717, 1.165) is 5.56 Å². The molecule has 0 saturated heterocycles. The number of hydrogen-bond acceptors (Lipinski definition) is 9. The molecule has 0 aliphatic carbocycles. The Bertz CT molecular complexity index is 1290. The monoisotopic (exact) mass is 511 g/mol. The second-order valence-electron chi connectivity index (χ2n) is 7.67. The molecule has 2 aromatic carbocycles. The molecule has 188 valence electrons. The number of nitrogens with zero attached hydrogens (tertiary/aromatic N) is 2. The summed E-state index contributed by atoms with van der Waals surface area (Å²) in [7, 11) is 0. The highest BCUT2D eigenvalue weighted by Crippen LogP contribution is 2.34. The van der Waals surface area contributed by atoms with Crippen molar-refractivity contribution >= 4 is 46.6 Å². The van der Waals surface area contributed by atoms with Gasteiger partial charge in [0, 0.05) is 5.69 Å². The maximum atomic E-state index is 13.9. The van der Waals surface area contributed by atoms with Crippen LogP contribution in [0.2, 0.25) is 0 Å². The third-order valence-corrected chi connectivity index (χ3v) is 5.93. The Morgan fingerprint density at radius 3 is 2.44 bits per heavy atom. The van der Waals surface area contributed by atoms with Crippen molar-refractivity contribution in [3.63, 3.8) is 0 Å². The first-order valence-corrected chi connectivity index (χ1v) is 11.6. The summed E-state index contributed by atoms with van der Waals surface area (Å²) >= 11 is 0.679. The standard InChI is InChI=1S/C24H25N5O6S/c1-3-35-17(31)12-27-23(33)20(14-7-9-16(30)10-8-14)29(15-6-4-5-13(2)11-15)24(34)21-18(25)19(22(26)32)28-36-21/h4-11,20,30H,3,12,25H2,1-2H3,(H2,26,32)(H,27,33)/t20-/m1/s1. The zero-order valence-corrected chi connectivity index (χ0v) is 20.4. The number of aryl methyl sites for hydroxylation is 1. The number of phenolic OH excluding ortho intramolecular Hbond substituents is 1. The van der Waals surface area contributed by atoms with Gasteiger partial charge in [-0.05, 0) is 60.8 Å². The number of aromatic nitrogens is 1. The van der Waals surface area contributed by atoms with Gasteiger partial charge in [0.15, 0.2) is 5.69 Å². The molecule has 1 aromatic heterocycles. The van der Waals surface area contributed by atoms with E-state index >= 15 is 0 Å². The predicted molar refractivity (Wildman–Crippen MR) is 134 cm³/mol. The summed E-state index contributed by atoms with van der Waals surface area (Å²) in [5, 5.41) is 12.3. The predicted octanol–water partition coefficient (Wildman–Crippen LogP) is 1.91. The van der Waals surface area contributed by atoms with E-state index in [2.05, 4.69) is 9.69 Å². The maximum Gasteiger partial charge on any atom is 0.325 e. The van der Waals surface area contributed by atoms with Gasteiger partial charge in [0.1, 0.15) is 23.2 Å². The molecule has 36 heavy (non-hydrogen) atoms. The molecule has 0 aliphatic rings. The normalized spacial score (nSPS) is 11.4. The van der Waals surface area contributed by atoms with Crippen LogP contribution in [-0.4, -0.2) is 46.3 Å². The molecule has 0 bridgehead atoms. The van der Waals surface area contributed by atoms with E-state index in [1.807, 2.05) is 13.0 Å². The second kappa shape index (κ2) is 11.3. The van der Waals surface area contributed by atoms with Crippen LogP contribution in [0.5, 0.6) is 5.75 Å². The fourth-order valence-electron chi connectivity index (χ4n) is 3.44. The number of nitrogens with one attached hydrogen (secondary N) is 1. The Labute approximate surface area is 210 Å². The van der Waals surface area contributed by atoms with Gasteiger partial charge in [-0.25, -0.2) is 0 Å². The minimum absolute atomic E-state index is 0.0457. The number of hydrogen-bond donors (Lipinski definition) is 4. The van der Waals surface area contributed by atoms with Gasteiger partial charge in [0.2, 0.25) is 5.91 Å². The SMILES string of the molecule is CCOC(=O)CNC(=O)[C@@H](c1ccc(O)cc1)N(C(=O)c1snc(C(N)=O)c1N)c1cccc(C)c1. The van der Waals surface area contributed by atoms with Crippen molar-refractivity contribution in [2.24, 2.45) is 5.73 Å². The molecule has 0 spiro atoms. The minimum Gasteiger partial charge on any atom is -0.508 e. The van der Waals surface area contributed by atoms with Gasteiger partial charge in [0.25, 0.3) is 11.8 Å². The molecule has 0 radical (unpaired) electrons. The van der Waals surface area contributed by atoms with Gasteiger partial charge in [-0.1, -0.05) is 24.3 Å². The van der Waals surface area contributed by atoms with Gasteiger partial charge < -0.3 is 26.6 Å². The first-order chi connectivity index (χ1) is 17.1. The lowest BCUT2D eigenvalue weighted by Crippen LogP contribution is -2.45. The Morgan fingerprint density at radius 2 is 1.86 bits per heavy atom. The Kier molecular flexibility index (Phi) is 8.22. The maximum absolute atomic E-state index is 13.9. The number of rotatable bonds is 9. The summed E-state index contributed by atoms with van der Waals surface area (Å²) in [4.78, 5) is 52.0. The van der Waals surface area contributed by atoms with Gasteiger partial charge in [-0.3, -0.25) is 24.1 Å². The van der Waals surface area contributed by atoms with Crippen molar-refractivity contribution in [3.05, 3.63) is 70.2 Å². The summed E-state index contributed by atoms with van der Waals surface area (Å²) in [6.45, 7) is 3.16. The third-order valence-electron chi connectivity index (χ3n) is 5.08. The van der Waals surface area contributed by atoms with Gasteiger partial charge in [0.05, 0.1) is 12.3 Å². The van der Waals surface area contributed by atoms with Crippen LogP contribution >= 0.6 is 11.5 Å². The van der Waals surface area contributed by atoms with Crippen molar-refractivity contribution in [1.29, 1.82) is 0 Å². The van der Waals surface area contributed by atoms with Gasteiger partial charge in [-0.15, -0.1) is 0 Å². The van der Waals surface area contributed by atoms with Crippen LogP contribution in [-0.2, 0) is 14.3 Å². The molecule has 0 aliphatic heterocycles. The average molecular weight is 512 g/mol. The van der Waals surface area contributed by atoms with Crippen LogP contribution < -0.4 is 21.7 Å². The number of nitrogen functional groups attached to an aromatic ring is 1. The van der Waals surface area contributed by atoms with Gasteiger partial charge in [-0.2, -0.15) is 4.37 Å². The number of esters is 1. The molecule has 0 saturated carbocycles. The van der Waals surface area contributed by atoms with Crippen LogP contribution in [0.25, 0.3) is 0 Å². The Morgan fingerprint density at radius 1 is 1.17 bits per heavy atom. The number of carbonyl (C=O) groups is 4. The van der Waals surface area contributed by atoms with E-state index < -0.39 is 36.3 Å². The number of amides is 3. The fraction of sp³-hybridized carbons (Fsp3) is 0.208. The molecular formula is C24H25N5O6S. The number of nitrogens with two attached hydrogens (primary N) is 2. The molecule has 1 heterocycles. The van der Waals surface area contributed by atoms with E-state index in [0.29, 0.717) is 22.8 Å². The summed E-state index contributed by atoms with van der Waals surface area (Å²) in [6.07, 6.45) is 0. The van der Waals surface area contributed by atoms with E-state index in [9.17, 15) is 24.3 Å². The lowest BCUT2D eigenvalue weighted by Gasteiger charge is -2.31. The number of primary amides is 1. The van der Waals surface area contributed by atoms with E-state index in [4.69, 9.17) is 16.2 Å². The quantitative estimate of drug-likeness (QED) is 0.315. The molecule has 3 amide bonds. The Hall–Kier alpha value is -4.45. The molecule has 6 N–H and O–H groups in total. The molecule has 3 rings (SSSR count). The number of carbonyl (C=O) groups excluding carboxylic acids is 4. The highest BCUT2D eigenvalue weighted by Gasteiger charge is 2.36. The topological polar surface area (TPSA) is 178 Å². The minimum atomic E-state index is -1.30. The number of aromatic hydroxyl groups is 1. The molecule has 3 aromatic rings. The van der Waals surface area contributed by atoms with Crippen molar-refractivity contribution < 1.29 is 29.0 Å². The molecule has 1 atom stereocenters. The second-order valence-corrected chi connectivity index (χ2v) is 8.44. The first-order valence-electron chi connectivity index (χ1n) is 10.8. The third kappa shape index (κ3) is 5.78. The molecule has 12 heteroatoms. The molecule has 0 fully saturated rings. The largest absolute Gasteiger partial charge is 0.508 e. The highest BCUT2D eigenvalue weighted by atomic mass is 32.1. The Balaban J connectivity index is 2.15. The van der Waals surface area contributed by atoms with E-state index in [-0.39, 0.29) is 28.6 Å². The van der Waals surface area contributed by atoms with Gasteiger partial charge >= 0.3 is 5.97 Å². The zero-order valence-electron chi connectivity index (χ0n) is 19.6. The van der Waals surface area contributed by atoms with Crippen molar-refractivity contribution in [2.75, 3.05) is 23.8 Å². The van der Waals surface area contributed by atoms with E-state index in [1.165, 1.54) is 29.2 Å². The van der Waals surface area contributed by atoms with Crippen LogP contribution in [0.1, 0.15) is 44.3 Å². The van der Waals surface area contributed by atoms with Crippen molar-refractivity contribution in [2.45, 2.75) is 19.9 Å². The molecule has 11 nitrogen and oxygen atoms in total. The lowest BCUT2D eigenvalue weighted by atomic mass is 10.0. The summed E-state index contributed by atoms with van der Waals surface area (Å²) in [5.41, 5.74) is 12.4. The number of ether oxygens (including phenoxy) is 1. The molecule has 0 unspecified atom stereocenters. The summed E-state index contributed by atoms with van der Waals surface area (Å²) < 4.78 is 8.78. The first kappa shape index (κ1) is 26.2. The number of anilines is 2. The smallest absolute Gasteiger partial charge is 0.325 e. The van der Waals surface area contributed by atoms with Crippen LogP contribution in [0.4, 0.5) is 11.4 Å². The molecular weight excluding hydrogens is 486 g/mol.